The second-order valence-corrected chi connectivity index (χ2v) is 9.29. The number of nitrogens with zero attached hydrogens (tertiary/aromatic N) is 2. The van der Waals surface area contributed by atoms with E-state index in [2.05, 4.69) is 38.2 Å². The predicted octanol–water partition coefficient (Wildman–Crippen LogP) is 2.72. The number of carbonyl (C=O) groups excluding carboxylic acids is 1. The van der Waals surface area contributed by atoms with Crippen LogP contribution < -0.4 is 15.8 Å². The molecule has 2 aliphatic rings. The predicted molar refractivity (Wildman–Crippen MR) is 128 cm³/mol. The van der Waals surface area contributed by atoms with Gasteiger partial charge < -0.3 is 25.6 Å². The van der Waals surface area contributed by atoms with Gasteiger partial charge in [-0.15, -0.1) is 5.10 Å². The highest BCUT2D eigenvalue weighted by Crippen LogP contribution is 2.52. The number of aryl methyl sites for hydroxylation is 1. The van der Waals surface area contributed by atoms with E-state index in [-0.39, 0.29) is 30.4 Å². The molecule has 182 valence electrons. The molecule has 1 aliphatic heterocycles. The van der Waals surface area contributed by atoms with Gasteiger partial charge in [-0.1, -0.05) is 31.8 Å². The van der Waals surface area contributed by atoms with Gasteiger partial charge in [0.1, 0.15) is 11.6 Å². The summed E-state index contributed by atoms with van der Waals surface area (Å²) >= 11 is 0. The number of fused-ring (bicyclic) bond motifs is 1. The van der Waals surface area contributed by atoms with Crippen molar-refractivity contribution in [2.24, 2.45) is 17.6 Å². The quantitative estimate of drug-likeness (QED) is 0.497. The van der Waals surface area contributed by atoms with E-state index in [1.165, 1.54) is 7.11 Å². The number of allylic oxidation sites excluding steroid dienone is 1. The van der Waals surface area contributed by atoms with Gasteiger partial charge in [0.05, 0.1) is 24.7 Å². The number of hydrogen-bond acceptors (Lipinski definition) is 7. The van der Waals surface area contributed by atoms with E-state index in [0.717, 1.165) is 35.2 Å². The van der Waals surface area contributed by atoms with Crippen LogP contribution in [0, 0.1) is 41.9 Å². The van der Waals surface area contributed by atoms with Gasteiger partial charge in [-0.3, -0.25) is 5.10 Å². The van der Waals surface area contributed by atoms with E-state index in [0.29, 0.717) is 17.0 Å². The number of rotatable bonds is 4. The number of benzene rings is 1. The fourth-order valence-corrected chi connectivity index (χ4v) is 5.11. The van der Waals surface area contributed by atoms with Gasteiger partial charge in [0.15, 0.2) is 0 Å². The lowest BCUT2D eigenvalue weighted by atomic mass is 9.61. The van der Waals surface area contributed by atoms with Crippen LogP contribution in [0.2, 0.25) is 0 Å². The third-order valence-electron chi connectivity index (χ3n) is 6.83. The minimum Gasteiger partial charge on any atom is -0.453 e. The molecule has 1 aromatic carbocycles. The van der Waals surface area contributed by atoms with Crippen molar-refractivity contribution in [3.05, 3.63) is 57.6 Å². The van der Waals surface area contributed by atoms with Gasteiger partial charge in [0.2, 0.25) is 11.8 Å². The molecular formula is C26H29N5O4. The van der Waals surface area contributed by atoms with E-state index in [1.54, 1.807) is 0 Å². The number of nitriles is 1. The van der Waals surface area contributed by atoms with Crippen molar-refractivity contribution in [3.63, 3.8) is 0 Å². The molecule has 1 fully saturated rings. The van der Waals surface area contributed by atoms with Gasteiger partial charge in [0.25, 0.3) is 0 Å². The number of aliphatic hydroxyl groups excluding tert-OH is 1. The summed E-state index contributed by atoms with van der Waals surface area (Å²) in [5, 5.41) is 30.2. The molecule has 35 heavy (non-hydrogen) atoms. The minimum absolute atomic E-state index is 0.0147. The van der Waals surface area contributed by atoms with Crippen molar-refractivity contribution in [1.82, 2.24) is 15.5 Å². The maximum Gasteiger partial charge on any atom is 0.407 e. The van der Waals surface area contributed by atoms with Crippen LogP contribution in [0.1, 0.15) is 54.6 Å². The number of hydrogen-bond donors (Lipinski definition) is 4. The maximum absolute atomic E-state index is 11.4. The van der Waals surface area contributed by atoms with Gasteiger partial charge in [-0.2, -0.15) is 5.26 Å². The van der Waals surface area contributed by atoms with E-state index in [1.807, 2.05) is 39.0 Å². The van der Waals surface area contributed by atoms with Crippen LogP contribution in [0.5, 0.6) is 5.88 Å². The van der Waals surface area contributed by atoms with Crippen molar-refractivity contribution in [2.45, 2.75) is 51.7 Å². The molecule has 1 amide bonds. The summed E-state index contributed by atoms with van der Waals surface area (Å²) < 4.78 is 10.3. The molecular weight excluding hydrogens is 446 g/mol. The first kappa shape index (κ1) is 24.2. The number of aliphatic hydroxyl groups is 1. The fourth-order valence-electron chi connectivity index (χ4n) is 5.11. The molecule has 4 rings (SSSR count). The number of H-pyrrole nitrogens is 1. The Hall–Kier alpha value is -3.95. The van der Waals surface area contributed by atoms with E-state index in [4.69, 9.17) is 10.5 Å². The summed E-state index contributed by atoms with van der Waals surface area (Å²) in [4.78, 5) is 11.4. The Balaban J connectivity index is 1.78. The van der Waals surface area contributed by atoms with Gasteiger partial charge in [-0.05, 0) is 48.9 Å². The molecule has 1 unspecified atom stereocenters. The number of nitrogens with two attached hydrogens (primary N) is 1. The maximum atomic E-state index is 11.4. The average molecular weight is 476 g/mol. The van der Waals surface area contributed by atoms with Crippen molar-refractivity contribution in [1.29, 1.82) is 5.26 Å². The normalized spacial score (nSPS) is 22.8. The molecule has 0 bridgehead atoms. The molecule has 1 saturated carbocycles. The Morgan fingerprint density at radius 1 is 1.43 bits per heavy atom. The number of ether oxygens (including phenoxy) is 2. The number of carbonyl (C=O) groups is 1. The van der Waals surface area contributed by atoms with Gasteiger partial charge in [0, 0.05) is 23.2 Å². The van der Waals surface area contributed by atoms with Crippen LogP contribution in [0.15, 0.2) is 29.7 Å². The van der Waals surface area contributed by atoms with Crippen LogP contribution in [0.4, 0.5) is 4.79 Å². The summed E-state index contributed by atoms with van der Waals surface area (Å²) in [7, 11) is 1.34. The van der Waals surface area contributed by atoms with Crippen LogP contribution in [-0.2, 0) is 16.8 Å². The molecule has 1 atom stereocenters. The Kier molecular flexibility index (Phi) is 6.47. The Morgan fingerprint density at radius 2 is 2.17 bits per heavy atom. The molecule has 2 aromatic rings. The van der Waals surface area contributed by atoms with Crippen LogP contribution >= 0.6 is 0 Å². The third-order valence-corrected chi connectivity index (χ3v) is 6.83. The standard InChI is InChI=1S/C26H29N5O4/c1-14(2)26(21(12-27)23(28)35-24-22(26)15(3)30-31-24)19-8-16(7-18(9-19)13-32)5-6-17-10-20(11-17)29-25(33)34-4/h7-9,14,17,20,32H,10-11,13,28H2,1-4H3,(H,29,33)(H,30,31). The monoisotopic (exact) mass is 475 g/mol. The minimum atomic E-state index is -0.933. The average Bonchev–Trinajstić information content (AvgIpc) is 3.18. The van der Waals surface area contributed by atoms with Crippen molar-refractivity contribution in [3.8, 4) is 23.8 Å². The largest absolute Gasteiger partial charge is 0.453 e. The number of alkyl carbamates (subject to hydrolysis) is 1. The van der Waals surface area contributed by atoms with Crippen molar-refractivity contribution in [2.75, 3.05) is 7.11 Å². The van der Waals surface area contributed by atoms with E-state index < -0.39 is 11.5 Å². The smallest absolute Gasteiger partial charge is 0.407 e. The van der Waals surface area contributed by atoms with Crippen molar-refractivity contribution < 1.29 is 19.4 Å². The lowest BCUT2D eigenvalue weighted by molar-refractivity contribution is 0.155. The molecule has 0 spiro atoms. The summed E-state index contributed by atoms with van der Waals surface area (Å²) in [6.07, 6.45) is 1.06. The Labute approximate surface area is 204 Å². The zero-order valence-electron chi connectivity index (χ0n) is 20.2. The topological polar surface area (TPSA) is 146 Å². The highest BCUT2D eigenvalue weighted by atomic mass is 16.5. The second kappa shape index (κ2) is 9.36. The number of methoxy groups -OCH3 is 1. The molecule has 0 saturated heterocycles. The molecule has 9 heteroatoms. The Morgan fingerprint density at radius 3 is 2.80 bits per heavy atom. The SMILES string of the molecule is COC(=O)NC1CC(C#Cc2cc(CO)cc(C3(C(C)C)C(C#N)=C(N)Oc4n[nH]c(C)c43)c2)C1. The zero-order chi connectivity index (χ0) is 25.3. The molecule has 2 heterocycles. The molecule has 0 radical (unpaired) electrons. The summed E-state index contributed by atoms with van der Waals surface area (Å²) in [5.74, 6) is 6.91. The number of aromatic nitrogens is 2. The molecule has 5 N–H and O–H groups in total. The van der Waals surface area contributed by atoms with Gasteiger partial charge in [-0.25, -0.2) is 4.79 Å². The summed E-state index contributed by atoms with van der Waals surface area (Å²) in [6, 6.07) is 8.01. The number of aromatic amines is 1. The molecule has 9 nitrogen and oxygen atoms in total. The van der Waals surface area contributed by atoms with E-state index >= 15 is 0 Å². The Bertz CT molecular complexity index is 1290. The first-order valence-corrected chi connectivity index (χ1v) is 11.5. The fraction of sp³-hybridized carbons (Fsp3) is 0.423. The summed E-state index contributed by atoms with van der Waals surface area (Å²) in [6.45, 7) is 5.74. The molecule has 1 aliphatic carbocycles. The van der Waals surface area contributed by atoms with E-state index in [9.17, 15) is 15.2 Å². The van der Waals surface area contributed by atoms with Crippen LogP contribution in [-0.4, -0.2) is 34.5 Å². The zero-order valence-corrected chi connectivity index (χ0v) is 20.2. The van der Waals surface area contributed by atoms with Crippen molar-refractivity contribution >= 4 is 6.09 Å². The highest BCUT2D eigenvalue weighted by molar-refractivity contribution is 5.67. The first-order chi connectivity index (χ1) is 16.7. The summed E-state index contributed by atoms with van der Waals surface area (Å²) in [5.41, 5.74) is 9.30. The third kappa shape index (κ3) is 4.09. The lowest BCUT2D eigenvalue weighted by Crippen LogP contribution is -2.43. The van der Waals surface area contributed by atoms with Crippen LogP contribution in [0.25, 0.3) is 0 Å². The number of nitrogens with one attached hydrogen (secondary N) is 2. The first-order valence-electron chi connectivity index (χ1n) is 11.5. The van der Waals surface area contributed by atoms with Crippen LogP contribution in [0.3, 0.4) is 0 Å². The number of amides is 1. The van der Waals surface area contributed by atoms with Gasteiger partial charge >= 0.3 is 6.09 Å². The second-order valence-electron chi connectivity index (χ2n) is 9.29. The lowest BCUT2D eigenvalue weighted by Gasteiger charge is -2.41. The molecule has 1 aromatic heterocycles. The highest BCUT2D eigenvalue weighted by Gasteiger charge is 2.50.